The number of hydrogen-bond acceptors (Lipinski definition) is 3. The molecule has 36 heavy (non-hydrogen) atoms. The first-order valence-electron chi connectivity index (χ1n) is 12.2. The number of alkyl halides is 3. The molecule has 0 aliphatic carbocycles. The highest BCUT2D eigenvalue weighted by molar-refractivity contribution is 5.92. The molecule has 1 fully saturated rings. The second-order valence-electron chi connectivity index (χ2n) is 9.59. The van der Waals surface area contributed by atoms with E-state index in [1.165, 1.54) is 17.7 Å². The first kappa shape index (κ1) is 25.8. The molecule has 0 spiro atoms. The third-order valence-corrected chi connectivity index (χ3v) is 6.44. The molecule has 0 unspecified atom stereocenters. The lowest BCUT2D eigenvalue weighted by atomic mass is 9.89. The van der Waals surface area contributed by atoms with Crippen molar-refractivity contribution in [1.29, 1.82) is 0 Å². The van der Waals surface area contributed by atoms with E-state index in [0.717, 1.165) is 55.9 Å². The molecule has 1 aliphatic rings. The number of likely N-dealkylation sites (tertiary alicyclic amines) is 1. The van der Waals surface area contributed by atoms with E-state index in [-0.39, 0.29) is 17.6 Å². The van der Waals surface area contributed by atoms with Crippen molar-refractivity contribution < 1.29 is 22.7 Å². The number of rotatable bonds is 7. The van der Waals surface area contributed by atoms with Gasteiger partial charge in [-0.3, -0.25) is 9.69 Å². The zero-order valence-electron chi connectivity index (χ0n) is 20.5. The van der Waals surface area contributed by atoms with E-state index >= 15 is 0 Å². The molecule has 0 bridgehead atoms. The molecule has 3 aromatic rings. The van der Waals surface area contributed by atoms with E-state index in [1.54, 1.807) is 6.07 Å². The summed E-state index contributed by atoms with van der Waals surface area (Å²) in [4.78, 5) is 14.4. The van der Waals surface area contributed by atoms with Gasteiger partial charge in [0.05, 0.1) is 5.56 Å². The van der Waals surface area contributed by atoms with Crippen LogP contribution < -0.4 is 10.1 Å². The zero-order valence-corrected chi connectivity index (χ0v) is 20.5. The van der Waals surface area contributed by atoms with Gasteiger partial charge >= 0.3 is 6.18 Å². The molecule has 1 amide bonds. The van der Waals surface area contributed by atoms with Gasteiger partial charge in [0.1, 0.15) is 11.5 Å². The first-order chi connectivity index (χ1) is 17.2. The van der Waals surface area contributed by atoms with E-state index in [2.05, 4.69) is 22.3 Å². The van der Waals surface area contributed by atoms with Crippen LogP contribution in [0.15, 0.2) is 72.8 Å². The number of piperidine rings is 1. The minimum atomic E-state index is -4.41. The fourth-order valence-corrected chi connectivity index (χ4v) is 4.42. The number of anilines is 1. The van der Waals surface area contributed by atoms with E-state index in [1.807, 2.05) is 44.2 Å². The second kappa shape index (κ2) is 11.2. The minimum Gasteiger partial charge on any atom is -0.457 e. The molecule has 190 valence electrons. The van der Waals surface area contributed by atoms with E-state index in [4.69, 9.17) is 4.74 Å². The Balaban J connectivity index is 1.33. The zero-order chi connectivity index (χ0) is 25.7. The van der Waals surface area contributed by atoms with Gasteiger partial charge in [-0.1, -0.05) is 44.2 Å². The Morgan fingerprint density at radius 3 is 2.33 bits per heavy atom. The number of nitrogens with one attached hydrogen (secondary N) is 1. The summed E-state index contributed by atoms with van der Waals surface area (Å²) in [5, 5.41) is 2.98. The van der Waals surface area contributed by atoms with Crippen LogP contribution in [0.2, 0.25) is 0 Å². The molecular weight excluding hydrogens is 465 g/mol. The van der Waals surface area contributed by atoms with Crippen molar-refractivity contribution in [1.82, 2.24) is 4.90 Å². The van der Waals surface area contributed by atoms with Gasteiger partial charge < -0.3 is 10.1 Å². The predicted octanol–water partition coefficient (Wildman–Crippen LogP) is 7.47. The lowest BCUT2D eigenvalue weighted by molar-refractivity contribution is -0.137. The van der Waals surface area contributed by atoms with Gasteiger partial charge in [-0.15, -0.1) is 0 Å². The van der Waals surface area contributed by atoms with Gasteiger partial charge in [0.25, 0.3) is 0 Å². The maximum atomic E-state index is 13.0. The third kappa shape index (κ3) is 6.88. The fraction of sp³-hybridized carbons (Fsp3) is 0.345. The van der Waals surface area contributed by atoms with Crippen LogP contribution in [0.5, 0.6) is 11.5 Å². The van der Waals surface area contributed by atoms with Crippen LogP contribution in [0, 0.1) is 5.92 Å². The molecule has 0 aromatic heterocycles. The van der Waals surface area contributed by atoms with Crippen molar-refractivity contribution in [2.75, 3.05) is 18.4 Å². The Morgan fingerprint density at radius 2 is 1.64 bits per heavy atom. The van der Waals surface area contributed by atoms with Crippen LogP contribution in [-0.4, -0.2) is 23.9 Å². The van der Waals surface area contributed by atoms with Gasteiger partial charge in [-0.2, -0.15) is 13.2 Å². The van der Waals surface area contributed by atoms with Crippen molar-refractivity contribution in [3.63, 3.8) is 0 Å². The largest absolute Gasteiger partial charge is 0.457 e. The molecule has 0 atom stereocenters. The van der Waals surface area contributed by atoms with Crippen molar-refractivity contribution in [3.8, 4) is 11.5 Å². The van der Waals surface area contributed by atoms with E-state index in [0.29, 0.717) is 11.7 Å². The average Bonchev–Trinajstić information content (AvgIpc) is 2.84. The fourth-order valence-electron chi connectivity index (χ4n) is 4.42. The average molecular weight is 497 g/mol. The predicted molar refractivity (Wildman–Crippen MR) is 135 cm³/mol. The number of benzene rings is 3. The van der Waals surface area contributed by atoms with Crippen molar-refractivity contribution in [2.45, 2.75) is 45.3 Å². The lowest BCUT2D eigenvalue weighted by Crippen LogP contribution is -2.32. The standard InChI is InChI=1S/C29H31F3N2O2/c1-20(2)28(35)33-25-9-4-7-23(17-25)22-12-14-34(15-13-22)19-21-6-3-10-26(16-21)36-27-11-5-8-24(18-27)29(30,31)32/h3-11,16-18,20,22H,12-15,19H2,1-2H3,(H,33,35). The van der Waals surface area contributed by atoms with E-state index < -0.39 is 11.7 Å². The highest BCUT2D eigenvalue weighted by Gasteiger charge is 2.30. The SMILES string of the molecule is CC(C)C(=O)Nc1cccc(C2CCN(Cc3cccc(Oc4cccc(C(F)(F)F)c4)c3)CC2)c1. The summed E-state index contributed by atoms with van der Waals surface area (Å²) in [6, 6.07) is 20.5. The molecule has 7 heteroatoms. The molecule has 1 N–H and O–H groups in total. The maximum Gasteiger partial charge on any atom is 0.416 e. The summed E-state index contributed by atoms with van der Waals surface area (Å²) in [5.74, 6) is 1.07. The normalized spacial score (nSPS) is 15.2. The van der Waals surface area contributed by atoms with Gasteiger partial charge in [-0.25, -0.2) is 0 Å². The smallest absolute Gasteiger partial charge is 0.416 e. The molecule has 1 heterocycles. The first-order valence-corrected chi connectivity index (χ1v) is 12.2. The molecule has 3 aromatic carbocycles. The molecule has 1 saturated heterocycles. The number of carbonyl (C=O) groups is 1. The van der Waals surface area contributed by atoms with Gasteiger partial charge in [-0.05, 0) is 85.4 Å². The number of hydrogen-bond donors (Lipinski definition) is 1. The maximum absolute atomic E-state index is 13.0. The monoisotopic (exact) mass is 496 g/mol. The van der Waals surface area contributed by atoms with Crippen LogP contribution in [-0.2, 0) is 17.5 Å². The summed E-state index contributed by atoms with van der Waals surface area (Å²) in [6.07, 6.45) is -2.37. The molecule has 1 aliphatic heterocycles. The van der Waals surface area contributed by atoms with Gasteiger partial charge in [0, 0.05) is 18.2 Å². The summed E-state index contributed by atoms with van der Waals surface area (Å²) in [7, 11) is 0. The van der Waals surface area contributed by atoms with Gasteiger partial charge in [0.15, 0.2) is 0 Å². The summed E-state index contributed by atoms with van der Waals surface area (Å²) in [5.41, 5.74) is 2.40. The quantitative estimate of drug-likeness (QED) is 0.369. The van der Waals surface area contributed by atoms with Crippen molar-refractivity contribution in [2.24, 2.45) is 5.92 Å². The molecular formula is C29H31F3N2O2. The topological polar surface area (TPSA) is 41.6 Å². The van der Waals surface area contributed by atoms with Crippen LogP contribution >= 0.6 is 0 Å². The minimum absolute atomic E-state index is 0.0150. The molecule has 4 rings (SSSR count). The van der Waals surface area contributed by atoms with Gasteiger partial charge in [0.2, 0.25) is 5.91 Å². The number of ether oxygens (including phenoxy) is 1. The Kier molecular flexibility index (Phi) is 7.99. The summed E-state index contributed by atoms with van der Waals surface area (Å²) < 4.78 is 44.7. The summed E-state index contributed by atoms with van der Waals surface area (Å²) >= 11 is 0. The summed E-state index contributed by atoms with van der Waals surface area (Å²) in [6.45, 7) is 6.37. The lowest BCUT2D eigenvalue weighted by Gasteiger charge is -2.32. The highest BCUT2D eigenvalue weighted by atomic mass is 19.4. The number of nitrogens with zero attached hydrogens (tertiary/aromatic N) is 1. The number of carbonyl (C=O) groups excluding carboxylic acids is 1. The van der Waals surface area contributed by atoms with Crippen LogP contribution in [0.1, 0.15) is 49.3 Å². The van der Waals surface area contributed by atoms with Crippen LogP contribution in [0.25, 0.3) is 0 Å². The molecule has 4 nitrogen and oxygen atoms in total. The Hall–Kier alpha value is -3.32. The Bertz CT molecular complexity index is 1180. The number of halogens is 3. The van der Waals surface area contributed by atoms with Crippen molar-refractivity contribution in [3.05, 3.63) is 89.5 Å². The Morgan fingerprint density at radius 1 is 0.972 bits per heavy atom. The Labute approximate surface area is 210 Å². The molecule has 0 saturated carbocycles. The highest BCUT2D eigenvalue weighted by Crippen LogP contribution is 2.33. The number of amides is 1. The third-order valence-electron chi connectivity index (χ3n) is 6.44. The van der Waals surface area contributed by atoms with Crippen LogP contribution in [0.3, 0.4) is 0 Å². The van der Waals surface area contributed by atoms with Crippen LogP contribution in [0.4, 0.5) is 18.9 Å². The molecule has 0 radical (unpaired) electrons. The van der Waals surface area contributed by atoms with E-state index in [9.17, 15) is 18.0 Å². The van der Waals surface area contributed by atoms with Crippen molar-refractivity contribution >= 4 is 11.6 Å². The second-order valence-corrected chi connectivity index (χ2v) is 9.59.